The molecule has 0 aliphatic rings. The molecule has 0 saturated heterocycles. The van der Waals surface area contributed by atoms with Crippen molar-refractivity contribution in [1.29, 1.82) is 0 Å². The molecule has 0 spiro atoms. The highest BCUT2D eigenvalue weighted by atomic mass is 79.9. The number of benzene rings is 2. The summed E-state index contributed by atoms with van der Waals surface area (Å²) < 4.78 is 11.2. The third-order valence-corrected chi connectivity index (χ3v) is 3.98. The van der Waals surface area contributed by atoms with Crippen LogP contribution in [0.5, 0.6) is 5.75 Å². The van der Waals surface area contributed by atoms with E-state index in [4.69, 9.17) is 20.8 Å². The quantitative estimate of drug-likeness (QED) is 0.358. The highest BCUT2D eigenvalue weighted by Gasteiger charge is 2.17. The molecule has 6 heteroatoms. The van der Waals surface area contributed by atoms with Crippen molar-refractivity contribution in [2.45, 2.75) is 6.92 Å². The zero-order chi connectivity index (χ0) is 16.6. The highest BCUT2D eigenvalue weighted by Crippen LogP contribution is 2.23. The Kier molecular flexibility index (Phi) is 4.24. The van der Waals surface area contributed by atoms with Gasteiger partial charge in [0.15, 0.2) is 0 Å². The van der Waals surface area contributed by atoms with Gasteiger partial charge in [-0.3, -0.25) is 0 Å². The maximum atomic E-state index is 12.3. The fourth-order valence-electron chi connectivity index (χ4n) is 2.12. The van der Waals surface area contributed by atoms with Gasteiger partial charge in [0.25, 0.3) is 0 Å². The lowest BCUT2D eigenvalue weighted by Crippen LogP contribution is -2.19. The van der Waals surface area contributed by atoms with Gasteiger partial charge in [0.2, 0.25) is 0 Å². The summed E-state index contributed by atoms with van der Waals surface area (Å²) in [6, 6.07) is 11.5. The maximum absolute atomic E-state index is 12.3. The lowest BCUT2D eigenvalue weighted by Gasteiger charge is -2.07. The molecule has 0 N–H and O–H groups in total. The maximum Gasteiger partial charge on any atom is 0.351 e. The summed E-state index contributed by atoms with van der Waals surface area (Å²) in [6.45, 7) is 1.76. The van der Waals surface area contributed by atoms with Gasteiger partial charge < -0.3 is 9.15 Å². The van der Waals surface area contributed by atoms with Gasteiger partial charge in [-0.15, -0.1) is 0 Å². The Labute approximate surface area is 144 Å². The Morgan fingerprint density at radius 3 is 2.70 bits per heavy atom. The summed E-state index contributed by atoms with van der Waals surface area (Å²) in [6.07, 6.45) is 0. The Morgan fingerprint density at radius 2 is 1.96 bits per heavy atom. The van der Waals surface area contributed by atoms with E-state index in [1.54, 1.807) is 43.3 Å². The van der Waals surface area contributed by atoms with Gasteiger partial charge in [0.1, 0.15) is 16.9 Å². The first kappa shape index (κ1) is 15.8. The van der Waals surface area contributed by atoms with Crippen molar-refractivity contribution < 1.29 is 13.9 Å². The van der Waals surface area contributed by atoms with Crippen LogP contribution in [0.1, 0.15) is 15.9 Å². The number of hydrogen-bond acceptors (Lipinski definition) is 4. The van der Waals surface area contributed by atoms with E-state index in [-0.39, 0.29) is 5.56 Å². The first-order chi connectivity index (χ1) is 10.9. The van der Waals surface area contributed by atoms with Crippen LogP contribution in [0.2, 0.25) is 5.02 Å². The van der Waals surface area contributed by atoms with Gasteiger partial charge in [-0.05, 0) is 55.0 Å². The van der Waals surface area contributed by atoms with Gasteiger partial charge in [0.05, 0.1) is 0 Å². The zero-order valence-corrected chi connectivity index (χ0v) is 14.3. The topological polar surface area (TPSA) is 56.5 Å². The van der Waals surface area contributed by atoms with Crippen LogP contribution in [0.25, 0.3) is 11.0 Å². The zero-order valence-electron chi connectivity index (χ0n) is 11.9. The first-order valence-corrected chi connectivity index (χ1v) is 7.83. The average Bonchev–Trinajstić information content (AvgIpc) is 2.49. The summed E-state index contributed by atoms with van der Waals surface area (Å²) in [5.41, 5.74) is 0.192. The monoisotopic (exact) mass is 392 g/mol. The van der Waals surface area contributed by atoms with Crippen molar-refractivity contribution in [2.75, 3.05) is 0 Å². The van der Waals surface area contributed by atoms with Gasteiger partial charge in [0, 0.05) is 14.9 Å². The molecule has 3 aromatic rings. The summed E-state index contributed by atoms with van der Waals surface area (Å²) in [4.78, 5) is 24.3. The molecular formula is C17H10BrClO4. The average molecular weight is 394 g/mol. The molecule has 0 unspecified atom stereocenters. The molecule has 0 atom stereocenters. The molecule has 0 bridgehead atoms. The Morgan fingerprint density at radius 1 is 1.17 bits per heavy atom. The van der Waals surface area contributed by atoms with Crippen LogP contribution in [0.15, 0.2) is 56.1 Å². The third-order valence-electron chi connectivity index (χ3n) is 3.25. The minimum Gasteiger partial charge on any atom is -0.422 e. The lowest BCUT2D eigenvalue weighted by atomic mass is 10.2. The third kappa shape index (κ3) is 3.30. The van der Waals surface area contributed by atoms with Gasteiger partial charge in [-0.25, -0.2) is 9.59 Å². The number of hydrogen-bond donors (Lipinski definition) is 0. The van der Waals surface area contributed by atoms with E-state index in [2.05, 4.69) is 15.9 Å². The summed E-state index contributed by atoms with van der Waals surface area (Å²) >= 11 is 9.20. The molecular weight excluding hydrogens is 384 g/mol. The van der Waals surface area contributed by atoms with Crippen LogP contribution in [0.4, 0.5) is 0 Å². The van der Waals surface area contributed by atoms with E-state index in [1.807, 2.05) is 0 Å². The Bertz CT molecular complexity index is 978. The molecule has 0 radical (unpaired) electrons. The molecule has 0 fully saturated rings. The molecule has 116 valence electrons. The number of fused-ring (bicyclic) bond motifs is 1. The van der Waals surface area contributed by atoms with E-state index in [0.717, 1.165) is 4.47 Å². The van der Waals surface area contributed by atoms with E-state index < -0.39 is 11.6 Å². The van der Waals surface area contributed by atoms with Crippen molar-refractivity contribution in [3.8, 4) is 5.75 Å². The van der Waals surface area contributed by atoms with E-state index in [9.17, 15) is 9.59 Å². The predicted molar refractivity (Wildman–Crippen MR) is 91.3 cm³/mol. The van der Waals surface area contributed by atoms with E-state index >= 15 is 0 Å². The molecule has 4 nitrogen and oxygen atoms in total. The minimum absolute atomic E-state index is 0.162. The van der Waals surface area contributed by atoms with Crippen LogP contribution in [-0.4, -0.2) is 5.97 Å². The molecule has 2 aromatic carbocycles. The standard InChI is InChI=1S/C17H10BrClO4/c1-9-6-12(19)3-5-14(9)22-16(20)13-8-10-7-11(18)2-4-15(10)23-17(13)21/h2-8H,1H3. The molecule has 23 heavy (non-hydrogen) atoms. The van der Waals surface area contributed by atoms with Crippen molar-refractivity contribution >= 4 is 44.5 Å². The fraction of sp³-hybridized carbons (Fsp3) is 0.0588. The van der Waals surface area contributed by atoms with Crippen molar-refractivity contribution in [3.05, 3.63) is 73.5 Å². The SMILES string of the molecule is Cc1cc(Cl)ccc1OC(=O)c1cc2cc(Br)ccc2oc1=O. The lowest BCUT2D eigenvalue weighted by molar-refractivity contribution is 0.0729. The Balaban J connectivity index is 2.00. The molecule has 3 rings (SSSR count). The predicted octanol–water partition coefficient (Wildman–Crippen LogP) is 4.74. The van der Waals surface area contributed by atoms with Crippen molar-refractivity contribution in [3.63, 3.8) is 0 Å². The normalized spacial score (nSPS) is 10.7. The molecule has 0 aliphatic carbocycles. The summed E-state index contributed by atoms with van der Waals surface area (Å²) in [5.74, 6) is -0.431. The van der Waals surface area contributed by atoms with Crippen LogP contribution in [0, 0.1) is 6.92 Å². The van der Waals surface area contributed by atoms with Crippen LogP contribution in [-0.2, 0) is 0 Å². The highest BCUT2D eigenvalue weighted by molar-refractivity contribution is 9.10. The van der Waals surface area contributed by atoms with Crippen LogP contribution in [0.3, 0.4) is 0 Å². The molecule has 0 amide bonds. The summed E-state index contributed by atoms with van der Waals surface area (Å²) in [5, 5.41) is 1.16. The number of halogens is 2. The second-order valence-electron chi connectivity index (χ2n) is 4.93. The number of carbonyl (C=O) groups excluding carboxylic acids is 1. The number of esters is 1. The molecule has 0 aliphatic heterocycles. The second kappa shape index (κ2) is 6.18. The van der Waals surface area contributed by atoms with Crippen molar-refractivity contribution in [2.24, 2.45) is 0 Å². The van der Waals surface area contributed by atoms with Crippen LogP contribution < -0.4 is 10.4 Å². The van der Waals surface area contributed by atoms with E-state index in [0.29, 0.717) is 27.3 Å². The fourth-order valence-corrected chi connectivity index (χ4v) is 2.72. The molecule has 1 aromatic heterocycles. The smallest absolute Gasteiger partial charge is 0.351 e. The number of ether oxygens (including phenoxy) is 1. The number of aryl methyl sites for hydroxylation is 1. The Hall–Kier alpha value is -2.11. The largest absolute Gasteiger partial charge is 0.422 e. The molecule has 0 saturated carbocycles. The molecule has 1 heterocycles. The van der Waals surface area contributed by atoms with Gasteiger partial charge in [-0.2, -0.15) is 0 Å². The number of rotatable bonds is 2. The first-order valence-electron chi connectivity index (χ1n) is 6.66. The van der Waals surface area contributed by atoms with E-state index in [1.165, 1.54) is 6.07 Å². The summed E-state index contributed by atoms with van der Waals surface area (Å²) in [7, 11) is 0. The minimum atomic E-state index is -0.772. The van der Waals surface area contributed by atoms with Gasteiger partial charge in [-0.1, -0.05) is 27.5 Å². The van der Waals surface area contributed by atoms with Crippen molar-refractivity contribution in [1.82, 2.24) is 0 Å². The second-order valence-corrected chi connectivity index (χ2v) is 6.28. The van der Waals surface area contributed by atoms with Crippen LogP contribution >= 0.6 is 27.5 Å². The van der Waals surface area contributed by atoms with Gasteiger partial charge >= 0.3 is 11.6 Å². The number of carbonyl (C=O) groups is 1.